The third-order valence-corrected chi connectivity index (χ3v) is 7.23. The molecule has 1 N–H and O–H groups in total. The molecule has 0 spiro atoms. The van der Waals surface area contributed by atoms with Crippen molar-refractivity contribution in [1.29, 1.82) is 0 Å². The first-order chi connectivity index (χ1) is 15.1. The molecule has 1 atom stereocenters. The maximum absolute atomic E-state index is 13.7. The van der Waals surface area contributed by atoms with Crippen LogP contribution in [0.15, 0.2) is 47.4 Å². The highest BCUT2D eigenvalue weighted by molar-refractivity contribution is 7.89. The lowest BCUT2D eigenvalue weighted by Gasteiger charge is -2.29. The Bertz CT molecular complexity index is 1100. The second kappa shape index (κ2) is 9.74. The molecule has 0 saturated carbocycles. The summed E-state index contributed by atoms with van der Waals surface area (Å²) in [6.45, 7) is 4.29. The molecule has 0 radical (unpaired) electrons. The summed E-state index contributed by atoms with van der Waals surface area (Å²) < 4.78 is 58.7. The lowest BCUT2D eigenvalue weighted by atomic mass is 10.0. The van der Waals surface area contributed by atoms with E-state index in [0.717, 1.165) is 25.0 Å². The van der Waals surface area contributed by atoms with Gasteiger partial charge in [-0.2, -0.15) is 4.31 Å². The van der Waals surface area contributed by atoms with E-state index in [4.69, 9.17) is 4.74 Å². The van der Waals surface area contributed by atoms with Gasteiger partial charge in [-0.05, 0) is 62.1 Å². The second-order valence-electron chi connectivity index (χ2n) is 7.77. The van der Waals surface area contributed by atoms with Gasteiger partial charge in [0, 0.05) is 19.2 Å². The molecule has 0 bridgehead atoms. The standard InChI is InChI=1S/C22H24F2N2O5S/c1-14-9-11-26(12-10-14)32(29,30)18-6-3-16(4-7-18)22(28)31-15(2)21(27)25-20-8-5-17(23)13-19(20)24/h3-8,13-15H,9-12H2,1-2H3,(H,25,27). The maximum Gasteiger partial charge on any atom is 0.338 e. The Labute approximate surface area is 185 Å². The largest absolute Gasteiger partial charge is 0.449 e. The molecule has 0 aromatic heterocycles. The van der Waals surface area contributed by atoms with Crippen molar-refractivity contribution in [3.05, 3.63) is 59.7 Å². The van der Waals surface area contributed by atoms with E-state index in [0.29, 0.717) is 25.1 Å². The zero-order valence-electron chi connectivity index (χ0n) is 17.7. The molecule has 1 amide bonds. The highest BCUT2D eigenvalue weighted by Crippen LogP contribution is 2.24. The quantitative estimate of drug-likeness (QED) is 0.657. The number of carbonyl (C=O) groups is 2. The molecule has 172 valence electrons. The second-order valence-corrected chi connectivity index (χ2v) is 9.71. The molecule has 32 heavy (non-hydrogen) atoms. The third kappa shape index (κ3) is 5.49. The van der Waals surface area contributed by atoms with Gasteiger partial charge in [-0.25, -0.2) is 22.0 Å². The fourth-order valence-electron chi connectivity index (χ4n) is 3.24. The summed E-state index contributed by atoms with van der Waals surface area (Å²) >= 11 is 0. The molecule has 1 unspecified atom stereocenters. The van der Waals surface area contributed by atoms with Crippen LogP contribution in [0.25, 0.3) is 0 Å². The van der Waals surface area contributed by atoms with Gasteiger partial charge in [-0.15, -0.1) is 0 Å². The van der Waals surface area contributed by atoms with Gasteiger partial charge < -0.3 is 10.1 Å². The molecular weight excluding hydrogens is 442 g/mol. The Balaban J connectivity index is 1.62. The predicted molar refractivity (Wildman–Crippen MR) is 113 cm³/mol. The highest BCUT2D eigenvalue weighted by Gasteiger charge is 2.28. The fourth-order valence-corrected chi connectivity index (χ4v) is 4.71. The van der Waals surface area contributed by atoms with Crippen molar-refractivity contribution in [3.63, 3.8) is 0 Å². The van der Waals surface area contributed by atoms with E-state index < -0.39 is 39.6 Å². The number of hydrogen-bond acceptors (Lipinski definition) is 5. The number of nitrogens with zero attached hydrogens (tertiary/aromatic N) is 1. The van der Waals surface area contributed by atoms with E-state index in [1.54, 1.807) is 0 Å². The van der Waals surface area contributed by atoms with Gasteiger partial charge in [0.2, 0.25) is 10.0 Å². The summed E-state index contributed by atoms with van der Waals surface area (Å²) in [6.07, 6.45) is 0.322. The number of hydrogen-bond donors (Lipinski definition) is 1. The van der Waals surface area contributed by atoms with Gasteiger partial charge in [-0.3, -0.25) is 4.79 Å². The van der Waals surface area contributed by atoms with Crippen LogP contribution in [0.1, 0.15) is 37.0 Å². The monoisotopic (exact) mass is 466 g/mol. The molecule has 1 aliphatic rings. The van der Waals surface area contributed by atoms with Crippen molar-refractivity contribution >= 4 is 27.6 Å². The number of benzene rings is 2. The van der Waals surface area contributed by atoms with Crippen LogP contribution >= 0.6 is 0 Å². The van der Waals surface area contributed by atoms with Crippen molar-refractivity contribution in [2.45, 2.75) is 37.7 Å². The number of esters is 1. The maximum atomic E-state index is 13.7. The molecule has 3 rings (SSSR count). The first kappa shape index (κ1) is 23.8. The molecule has 1 saturated heterocycles. The van der Waals surface area contributed by atoms with Crippen molar-refractivity contribution < 1.29 is 31.5 Å². The van der Waals surface area contributed by atoms with E-state index in [9.17, 15) is 26.8 Å². The number of ether oxygens (including phenoxy) is 1. The van der Waals surface area contributed by atoms with Crippen molar-refractivity contribution in [3.8, 4) is 0 Å². The Hall–Kier alpha value is -2.85. The number of nitrogens with one attached hydrogen (secondary N) is 1. The van der Waals surface area contributed by atoms with Gasteiger partial charge in [0.05, 0.1) is 16.1 Å². The van der Waals surface area contributed by atoms with Gasteiger partial charge in [0.1, 0.15) is 11.6 Å². The zero-order chi connectivity index (χ0) is 23.5. The van der Waals surface area contributed by atoms with Gasteiger partial charge >= 0.3 is 5.97 Å². The van der Waals surface area contributed by atoms with Gasteiger partial charge in [0.15, 0.2) is 6.10 Å². The summed E-state index contributed by atoms with van der Waals surface area (Å²) in [4.78, 5) is 24.6. The van der Waals surface area contributed by atoms with Crippen LogP contribution < -0.4 is 5.32 Å². The molecular formula is C22H24F2N2O5S. The minimum Gasteiger partial charge on any atom is -0.449 e. The minimum absolute atomic E-state index is 0.0591. The van der Waals surface area contributed by atoms with Gasteiger partial charge in [0.25, 0.3) is 5.91 Å². The van der Waals surface area contributed by atoms with Crippen molar-refractivity contribution in [2.24, 2.45) is 5.92 Å². The van der Waals surface area contributed by atoms with Crippen LogP contribution in [0.2, 0.25) is 0 Å². The summed E-state index contributed by atoms with van der Waals surface area (Å²) in [5.74, 6) is -2.92. The average molecular weight is 467 g/mol. The lowest BCUT2D eigenvalue weighted by Crippen LogP contribution is -2.37. The van der Waals surface area contributed by atoms with Crippen molar-refractivity contribution in [1.82, 2.24) is 4.31 Å². The first-order valence-corrected chi connectivity index (χ1v) is 11.6. The Kier molecular flexibility index (Phi) is 7.25. The number of amides is 1. The summed E-state index contributed by atoms with van der Waals surface area (Å²) in [6, 6.07) is 7.92. The number of piperidine rings is 1. The topological polar surface area (TPSA) is 92.8 Å². The average Bonchev–Trinajstić information content (AvgIpc) is 2.76. The van der Waals surface area contributed by atoms with Gasteiger partial charge in [-0.1, -0.05) is 6.92 Å². The van der Waals surface area contributed by atoms with Crippen LogP contribution in [0, 0.1) is 17.6 Å². The van der Waals surface area contributed by atoms with Crippen LogP contribution in [0.5, 0.6) is 0 Å². The molecule has 2 aromatic rings. The molecule has 1 aliphatic heterocycles. The van der Waals surface area contributed by atoms with E-state index in [-0.39, 0.29) is 16.1 Å². The van der Waals surface area contributed by atoms with Crippen LogP contribution in [0.3, 0.4) is 0 Å². The summed E-state index contributed by atoms with van der Waals surface area (Å²) in [7, 11) is -3.65. The normalized spacial score (nSPS) is 16.4. The first-order valence-electron chi connectivity index (χ1n) is 10.1. The Morgan fingerprint density at radius 3 is 2.31 bits per heavy atom. The van der Waals surface area contributed by atoms with E-state index in [2.05, 4.69) is 12.2 Å². The van der Waals surface area contributed by atoms with Crippen LogP contribution in [-0.2, 0) is 19.6 Å². The summed E-state index contributed by atoms with van der Waals surface area (Å²) in [5.41, 5.74) is -0.190. The smallest absolute Gasteiger partial charge is 0.338 e. The number of sulfonamides is 1. The van der Waals surface area contributed by atoms with E-state index in [1.807, 2.05) is 0 Å². The fraction of sp³-hybridized carbons (Fsp3) is 0.364. The number of carbonyl (C=O) groups excluding carboxylic acids is 2. The SMILES string of the molecule is CC1CCN(S(=O)(=O)c2ccc(C(=O)OC(C)C(=O)Nc3ccc(F)cc3F)cc2)CC1. The summed E-state index contributed by atoms with van der Waals surface area (Å²) in [5, 5.41) is 2.22. The number of halogens is 2. The lowest BCUT2D eigenvalue weighted by molar-refractivity contribution is -0.123. The predicted octanol–water partition coefficient (Wildman–Crippen LogP) is 3.57. The Morgan fingerprint density at radius 1 is 1.09 bits per heavy atom. The Morgan fingerprint density at radius 2 is 1.72 bits per heavy atom. The molecule has 1 heterocycles. The molecule has 0 aliphatic carbocycles. The third-order valence-electron chi connectivity index (χ3n) is 5.31. The number of anilines is 1. The molecule has 2 aromatic carbocycles. The van der Waals surface area contributed by atoms with E-state index >= 15 is 0 Å². The van der Waals surface area contributed by atoms with E-state index in [1.165, 1.54) is 35.5 Å². The zero-order valence-corrected chi connectivity index (χ0v) is 18.5. The van der Waals surface area contributed by atoms with Crippen molar-refractivity contribution in [2.75, 3.05) is 18.4 Å². The molecule has 10 heteroatoms. The van der Waals surface area contributed by atoms with Crippen LogP contribution in [-0.4, -0.2) is 43.8 Å². The minimum atomic E-state index is -3.65. The molecule has 7 nitrogen and oxygen atoms in total. The van der Waals surface area contributed by atoms with Crippen LogP contribution in [0.4, 0.5) is 14.5 Å². The molecule has 1 fully saturated rings. The highest BCUT2D eigenvalue weighted by atomic mass is 32.2. The number of rotatable bonds is 6.